The predicted octanol–water partition coefficient (Wildman–Crippen LogP) is 2.73. The van der Waals surface area contributed by atoms with Crippen LogP contribution in [0.25, 0.3) is 11.3 Å². The molecule has 2 aromatic rings. The van der Waals surface area contributed by atoms with Crippen LogP contribution >= 0.6 is 0 Å². The quantitative estimate of drug-likeness (QED) is 0.823. The second-order valence-corrected chi connectivity index (χ2v) is 4.37. The Kier molecular flexibility index (Phi) is 4.10. The van der Waals surface area contributed by atoms with Crippen LogP contribution < -0.4 is 5.32 Å². The Morgan fingerprint density at radius 1 is 1.33 bits per heavy atom. The maximum atomic E-state index is 13.8. The van der Waals surface area contributed by atoms with Gasteiger partial charge in [0.15, 0.2) is 0 Å². The zero-order valence-electron chi connectivity index (χ0n) is 10.8. The summed E-state index contributed by atoms with van der Waals surface area (Å²) in [5, 5.41) is 7.54. The molecule has 96 valence electrons. The molecule has 0 aliphatic rings. The first-order chi connectivity index (χ1) is 8.70. The Balaban J connectivity index is 2.21. The zero-order chi connectivity index (χ0) is 13.0. The zero-order valence-corrected chi connectivity index (χ0v) is 10.8. The maximum Gasteiger partial charge on any atom is 0.132 e. The van der Waals surface area contributed by atoms with Crippen LogP contribution in [0.15, 0.2) is 30.5 Å². The van der Waals surface area contributed by atoms with Gasteiger partial charge in [-0.3, -0.25) is 4.68 Å². The summed E-state index contributed by atoms with van der Waals surface area (Å²) in [6, 6.07) is 7.00. The van der Waals surface area contributed by atoms with Crippen molar-refractivity contribution in [2.75, 3.05) is 6.54 Å². The van der Waals surface area contributed by atoms with Crippen LogP contribution in [0.4, 0.5) is 4.39 Å². The van der Waals surface area contributed by atoms with Crippen molar-refractivity contribution in [3.63, 3.8) is 0 Å². The third kappa shape index (κ3) is 2.96. The normalized spacial score (nSPS) is 10.8. The van der Waals surface area contributed by atoms with Crippen LogP contribution in [0.2, 0.25) is 0 Å². The minimum atomic E-state index is -0.229. The van der Waals surface area contributed by atoms with Gasteiger partial charge in [-0.1, -0.05) is 13.0 Å². The monoisotopic (exact) mass is 247 g/mol. The lowest BCUT2D eigenvalue weighted by molar-refractivity contribution is 0.626. The van der Waals surface area contributed by atoms with Crippen LogP contribution in [-0.2, 0) is 13.6 Å². The summed E-state index contributed by atoms with van der Waals surface area (Å²) in [5.74, 6) is -0.229. The first-order valence-corrected chi connectivity index (χ1v) is 6.20. The van der Waals surface area contributed by atoms with Gasteiger partial charge in [-0.2, -0.15) is 5.10 Å². The minimum absolute atomic E-state index is 0.229. The first kappa shape index (κ1) is 12.8. The molecule has 0 atom stereocenters. The van der Waals surface area contributed by atoms with Gasteiger partial charge in [0.25, 0.3) is 0 Å². The smallest absolute Gasteiger partial charge is 0.132 e. The van der Waals surface area contributed by atoms with Crippen molar-refractivity contribution in [1.82, 2.24) is 15.1 Å². The molecule has 0 fully saturated rings. The van der Waals surface area contributed by atoms with Crippen LogP contribution in [0.1, 0.15) is 18.9 Å². The Labute approximate surface area is 107 Å². The molecular formula is C14H18FN3. The third-order valence-corrected chi connectivity index (χ3v) is 2.78. The van der Waals surface area contributed by atoms with Gasteiger partial charge in [-0.25, -0.2) is 4.39 Å². The number of hydrogen-bond acceptors (Lipinski definition) is 2. The van der Waals surface area contributed by atoms with Gasteiger partial charge in [0.05, 0.1) is 5.69 Å². The predicted molar refractivity (Wildman–Crippen MR) is 70.6 cm³/mol. The summed E-state index contributed by atoms with van der Waals surface area (Å²) in [6.45, 7) is 3.85. The van der Waals surface area contributed by atoms with Crippen LogP contribution in [0.5, 0.6) is 0 Å². The lowest BCUT2D eigenvalue weighted by atomic mass is 10.1. The van der Waals surface area contributed by atoms with E-state index in [9.17, 15) is 4.39 Å². The number of halogens is 1. The summed E-state index contributed by atoms with van der Waals surface area (Å²) >= 11 is 0. The average Bonchev–Trinajstić information content (AvgIpc) is 2.78. The number of benzene rings is 1. The second-order valence-electron chi connectivity index (χ2n) is 4.37. The molecule has 4 heteroatoms. The highest BCUT2D eigenvalue weighted by Gasteiger charge is 2.08. The van der Waals surface area contributed by atoms with E-state index in [0.717, 1.165) is 25.1 Å². The second kappa shape index (κ2) is 5.78. The van der Waals surface area contributed by atoms with Gasteiger partial charge >= 0.3 is 0 Å². The van der Waals surface area contributed by atoms with Crippen molar-refractivity contribution >= 4 is 0 Å². The van der Waals surface area contributed by atoms with Gasteiger partial charge in [0, 0.05) is 25.4 Å². The van der Waals surface area contributed by atoms with Crippen molar-refractivity contribution in [2.45, 2.75) is 19.9 Å². The molecule has 0 spiro atoms. The fraction of sp³-hybridized carbons (Fsp3) is 0.357. The molecule has 0 saturated heterocycles. The average molecular weight is 247 g/mol. The van der Waals surface area contributed by atoms with E-state index >= 15 is 0 Å². The van der Waals surface area contributed by atoms with Crippen LogP contribution in [-0.4, -0.2) is 16.3 Å². The highest BCUT2D eigenvalue weighted by atomic mass is 19.1. The molecule has 18 heavy (non-hydrogen) atoms. The van der Waals surface area contributed by atoms with Crippen molar-refractivity contribution in [2.24, 2.45) is 7.05 Å². The van der Waals surface area contributed by atoms with E-state index in [1.165, 1.54) is 6.07 Å². The maximum absolute atomic E-state index is 13.8. The molecule has 0 saturated carbocycles. The number of nitrogens with zero attached hydrogens (tertiary/aromatic N) is 2. The third-order valence-electron chi connectivity index (χ3n) is 2.78. The molecule has 1 aromatic heterocycles. The lowest BCUT2D eigenvalue weighted by Crippen LogP contribution is -2.13. The van der Waals surface area contributed by atoms with Gasteiger partial charge in [0.1, 0.15) is 5.82 Å². The fourth-order valence-corrected chi connectivity index (χ4v) is 1.85. The number of nitrogens with one attached hydrogen (secondary N) is 1. The standard InChI is InChI=1S/C14H18FN3/c1-3-7-16-10-11-4-5-13(15)12(9-11)14-6-8-18(2)17-14/h4-6,8-9,16H,3,7,10H2,1-2H3. The van der Waals surface area contributed by atoms with E-state index in [2.05, 4.69) is 17.3 Å². The molecule has 3 nitrogen and oxygen atoms in total. The van der Waals surface area contributed by atoms with Crippen molar-refractivity contribution in [1.29, 1.82) is 0 Å². The molecule has 0 radical (unpaired) electrons. The van der Waals surface area contributed by atoms with Crippen molar-refractivity contribution in [3.8, 4) is 11.3 Å². The lowest BCUT2D eigenvalue weighted by Gasteiger charge is -2.06. The van der Waals surface area contributed by atoms with Crippen molar-refractivity contribution < 1.29 is 4.39 Å². The Morgan fingerprint density at radius 2 is 2.17 bits per heavy atom. The molecule has 0 unspecified atom stereocenters. The molecule has 1 N–H and O–H groups in total. The number of aryl methyl sites for hydroxylation is 1. The summed E-state index contributed by atoms with van der Waals surface area (Å²) in [7, 11) is 1.83. The number of aromatic nitrogens is 2. The van der Waals surface area contributed by atoms with E-state index in [1.54, 1.807) is 4.68 Å². The first-order valence-electron chi connectivity index (χ1n) is 6.20. The highest BCUT2D eigenvalue weighted by Crippen LogP contribution is 2.22. The van der Waals surface area contributed by atoms with E-state index < -0.39 is 0 Å². The molecule has 1 heterocycles. The molecular weight excluding hydrogens is 229 g/mol. The van der Waals surface area contributed by atoms with Crippen LogP contribution in [0, 0.1) is 5.82 Å². The number of hydrogen-bond donors (Lipinski definition) is 1. The van der Waals surface area contributed by atoms with E-state index in [4.69, 9.17) is 0 Å². The van der Waals surface area contributed by atoms with Gasteiger partial charge in [-0.15, -0.1) is 0 Å². The van der Waals surface area contributed by atoms with Gasteiger partial charge < -0.3 is 5.32 Å². The summed E-state index contributed by atoms with van der Waals surface area (Å²) in [4.78, 5) is 0. The Bertz CT molecular complexity index is 520. The highest BCUT2D eigenvalue weighted by molar-refractivity contribution is 5.60. The summed E-state index contributed by atoms with van der Waals surface area (Å²) in [5.41, 5.74) is 2.31. The van der Waals surface area contributed by atoms with E-state index in [-0.39, 0.29) is 5.82 Å². The van der Waals surface area contributed by atoms with Crippen LogP contribution in [0.3, 0.4) is 0 Å². The van der Waals surface area contributed by atoms with E-state index in [0.29, 0.717) is 11.3 Å². The molecule has 0 bridgehead atoms. The molecule has 2 rings (SSSR count). The van der Waals surface area contributed by atoms with Crippen molar-refractivity contribution in [3.05, 3.63) is 41.8 Å². The Hall–Kier alpha value is -1.68. The minimum Gasteiger partial charge on any atom is -0.313 e. The van der Waals surface area contributed by atoms with E-state index in [1.807, 2.05) is 31.4 Å². The largest absolute Gasteiger partial charge is 0.313 e. The molecule has 0 aliphatic carbocycles. The SMILES string of the molecule is CCCNCc1ccc(F)c(-c2ccn(C)n2)c1. The summed E-state index contributed by atoms with van der Waals surface area (Å²) in [6.07, 6.45) is 2.91. The Morgan fingerprint density at radius 3 is 2.83 bits per heavy atom. The molecule has 0 amide bonds. The summed E-state index contributed by atoms with van der Waals surface area (Å²) < 4.78 is 15.5. The fourth-order valence-electron chi connectivity index (χ4n) is 1.85. The van der Waals surface area contributed by atoms with Gasteiger partial charge in [-0.05, 0) is 36.7 Å². The topological polar surface area (TPSA) is 29.9 Å². The number of rotatable bonds is 5. The molecule has 0 aliphatic heterocycles. The molecule has 1 aromatic carbocycles. The van der Waals surface area contributed by atoms with Gasteiger partial charge in [0.2, 0.25) is 0 Å².